The van der Waals surface area contributed by atoms with Gasteiger partial charge in [-0.2, -0.15) is 0 Å². The second-order valence-corrected chi connectivity index (χ2v) is 6.19. The molecule has 0 aliphatic rings. The van der Waals surface area contributed by atoms with E-state index in [9.17, 15) is 9.59 Å². The Bertz CT molecular complexity index is 978. The van der Waals surface area contributed by atoms with Gasteiger partial charge in [-0.3, -0.25) is 9.78 Å². The summed E-state index contributed by atoms with van der Waals surface area (Å²) in [5.74, 6) is -0.553. The third kappa shape index (κ3) is 3.72. The molecule has 1 N–H and O–H groups in total. The zero-order valence-corrected chi connectivity index (χ0v) is 15.0. The zero-order valence-electron chi connectivity index (χ0n) is 15.0. The number of pyridine rings is 1. The lowest BCUT2D eigenvalue weighted by Crippen LogP contribution is -2.24. The number of rotatable bonds is 4. The van der Waals surface area contributed by atoms with Crippen LogP contribution >= 0.6 is 0 Å². The summed E-state index contributed by atoms with van der Waals surface area (Å²) in [4.78, 5) is 28.5. The Morgan fingerprint density at radius 1 is 1.04 bits per heavy atom. The van der Waals surface area contributed by atoms with Crippen molar-refractivity contribution in [1.82, 2.24) is 10.3 Å². The Morgan fingerprint density at radius 3 is 2.46 bits per heavy atom. The number of hydrogen-bond acceptors (Lipinski definition) is 4. The van der Waals surface area contributed by atoms with Crippen LogP contribution in [0.2, 0.25) is 0 Å². The highest BCUT2D eigenvalue weighted by Crippen LogP contribution is 2.18. The molecular formula is C21H20N2O3. The van der Waals surface area contributed by atoms with E-state index in [-0.39, 0.29) is 11.9 Å². The van der Waals surface area contributed by atoms with E-state index in [1.807, 2.05) is 38.1 Å². The van der Waals surface area contributed by atoms with Gasteiger partial charge in [0.15, 0.2) is 0 Å². The Kier molecular flexibility index (Phi) is 4.98. The van der Waals surface area contributed by atoms with Gasteiger partial charge < -0.3 is 10.1 Å². The molecule has 3 rings (SSSR count). The molecule has 1 aromatic heterocycles. The number of fused-ring (bicyclic) bond motifs is 1. The van der Waals surface area contributed by atoms with Crippen LogP contribution in [-0.2, 0) is 11.3 Å². The number of nitrogens with one attached hydrogen (secondary N) is 1. The van der Waals surface area contributed by atoms with Crippen LogP contribution in [0.3, 0.4) is 0 Å². The molecule has 0 saturated carbocycles. The first-order valence-electron chi connectivity index (χ1n) is 8.31. The first-order chi connectivity index (χ1) is 12.5. The summed E-state index contributed by atoms with van der Waals surface area (Å²) >= 11 is 0. The molecule has 0 radical (unpaired) electrons. The van der Waals surface area contributed by atoms with Crippen LogP contribution in [0.4, 0.5) is 0 Å². The SMILES string of the molecule is COC(=O)c1ccc(CNC(=O)c2cc3ccc(C)cc3nc2C)cc1. The molecule has 0 unspecified atom stereocenters. The second kappa shape index (κ2) is 7.35. The van der Waals surface area contributed by atoms with Gasteiger partial charge in [0.1, 0.15) is 0 Å². The second-order valence-electron chi connectivity index (χ2n) is 6.19. The van der Waals surface area contributed by atoms with Crippen LogP contribution in [0.25, 0.3) is 10.9 Å². The average Bonchev–Trinajstić information content (AvgIpc) is 2.65. The number of esters is 1. The number of amides is 1. The largest absolute Gasteiger partial charge is 0.465 e. The maximum Gasteiger partial charge on any atom is 0.337 e. The highest BCUT2D eigenvalue weighted by molar-refractivity contribution is 5.98. The summed E-state index contributed by atoms with van der Waals surface area (Å²) in [6.07, 6.45) is 0. The first-order valence-corrected chi connectivity index (χ1v) is 8.31. The highest BCUT2D eigenvalue weighted by Gasteiger charge is 2.12. The number of carbonyl (C=O) groups excluding carboxylic acids is 2. The summed E-state index contributed by atoms with van der Waals surface area (Å²) in [5, 5.41) is 3.84. The van der Waals surface area contributed by atoms with Crippen molar-refractivity contribution in [3.05, 3.63) is 76.5 Å². The minimum Gasteiger partial charge on any atom is -0.465 e. The van der Waals surface area contributed by atoms with Crippen LogP contribution in [0.5, 0.6) is 0 Å². The lowest BCUT2D eigenvalue weighted by molar-refractivity contribution is 0.0600. The smallest absolute Gasteiger partial charge is 0.337 e. The van der Waals surface area contributed by atoms with Crippen molar-refractivity contribution < 1.29 is 14.3 Å². The van der Waals surface area contributed by atoms with Crippen molar-refractivity contribution in [1.29, 1.82) is 0 Å². The van der Waals surface area contributed by atoms with Crippen LogP contribution in [0.15, 0.2) is 48.5 Å². The van der Waals surface area contributed by atoms with Gasteiger partial charge in [-0.05, 0) is 49.2 Å². The summed E-state index contributed by atoms with van der Waals surface area (Å²) in [6, 6.07) is 14.8. The fourth-order valence-corrected chi connectivity index (χ4v) is 2.76. The van der Waals surface area contributed by atoms with E-state index in [4.69, 9.17) is 0 Å². The van der Waals surface area contributed by atoms with Gasteiger partial charge in [0.25, 0.3) is 5.91 Å². The third-order valence-electron chi connectivity index (χ3n) is 4.24. The van der Waals surface area contributed by atoms with Gasteiger partial charge in [-0.1, -0.05) is 24.3 Å². The van der Waals surface area contributed by atoms with Crippen LogP contribution < -0.4 is 5.32 Å². The molecule has 132 valence electrons. The van der Waals surface area contributed by atoms with E-state index < -0.39 is 0 Å². The van der Waals surface area contributed by atoms with Crippen molar-refractivity contribution in [3.63, 3.8) is 0 Å². The number of aryl methyl sites for hydroxylation is 2. The molecule has 3 aromatic rings. The molecule has 5 nitrogen and oxygen atoms in total. The molecule has 1 amide bonds. The maximum atomic E-state index is 12.5. The lowest BCUT2D eigenvalue weighted by Gasteiger charge is -2.10. The Labute approximate surface area is 152 Å². The van der Waals surface area contributed by atoms with Gasteiger partial charge >= 0.3 is 5.97 Å². The van der Waals surface area contributed by atoms with E-state index >= 15 is 0 Å². The van der Waals surface area contributed by atoms with Crippen LogP contribution in [0, 0.1) is 13.8 Å². The summed E-state index contributed by atoms with van der Waals surface area (Å²) in [6.45, 7) is 4.22. The fraction of sp³-hybridized carbons (Fsp3) is 0.190. The third-order valence-corrected chi connectivity index (χ3v) is 4.24. The maximum absolute atomic E-state index is 12.5. The normalized spacial score (nSPS) is 10.6. The molecule has 26 heavy (non-hydrogen) atoms. The zero-order chi connectivity index (χ0) is 18.7. The molecule has 0 fully saturated rings. The van der Waals surface area contributed by atoms with Crippen molar-refractivity contribution >= 4 is 22.8 Å². The number of nitrogens with zero attached hydrogens (tertiary/aromatic N) is 1. The molecule has 0 spiro atoms. The Morgan fingerprint density at radius 2 is 1.77 bits per heavy atom. The number of hydrogen-bond donors (Lipinski definition) is 1. The first kappa shape index (κ1) is 17.6. The fourth-order valence-electron chi connectivity index (χ4n) is 2.76. The molecule has 0 bridgehead atoms. The monoisotopic (exact) mass is 348 g/mol. The molecular weight excluding hydrogens is 328 g/mol. The van der Waals surface area contributed by atoms with Gasteiger partial charge in [0.05, 0.1) is 29.4 Å². The minimum absolute atomic E-state index is 0.172. The molecule has 5 heteroatoms. The van der Waals surface area contributed by atoms with E-state index in [2.05, 4.69) is 15.0 Å². The molecule has 0 saturated heterocycles. The lowest BCUT2D eigenvalue weighted by atomic mass is 10.1. The van der Waals surface area contributed by atoms with E-state index in [1.165, 1.54) is 7.11 Å². The van der Waals surface area contributed by atoms with Crippen LogP contribution in [-0.4, -0.2) is 24.0 Å². The van der Waals surface area contributed by atoms with Crippen molar-refractivity contribution in [2.45, 2.75) is 20.4 Å². The summed E-state index contributed by atoms with van der Waals surface area (Å²) in [7, 11) is 1.34. The minimum atomic E-state index is -0.381. The van der Waals surface area contributed by atoms with E-state index in [1.54, 1.807) is 24.3 Å². The molecule has 0 atom stereocenters. The highest BCUT2D eigenvalue weighted by atomic mass is 16.5. The average molecular weight is 348 g/mol. The predicted octanol–water partition coefficient (Wildman–Crippen LogP) is 3.57. The molecule has 1 heterocycles. The molecule has 0 aliphatic carbocycles. The number of ether oxygens (including phenoxy) is 1. The van der Waals surface area contributed by atoms with E-state index in [0.717, 1.165) is 22.0 Å². The number of benzene rings is 2. The molecule has 2 aromatic carbocycles. The van der Waals surface area contributed by atoms with E-state index in [0.29, 0.717) is 23.4 Å². The van der Waals surface area contributed by atoms with Crippen molar-refractivity contribution in [2.75, 3.05) is 7.11 Å². The standard InChI is InChI=1S/C21H20N2O3/c1-13-4-7-17-11-18(14(2)23-19(17)10-13)20(24)22-12-15-5-8-16(9-6-15)21(25)26-3/h4-11H,12H2,1-3H3,(H,22,24). The van der Waals surface area contributed by atoms with Crippen molar-refractivity contribution in [2.24, 2.45) is 0 Å². The quantitative estimate of drug-likeness (QED) is 0.732. The number of aromatic nitrogens is 1. The van der Waals surface area contributed by atoms with Gasteiger partial charge in [0, 0.05) is 11.9 Å². The van der Waals surface area contributed by atoms with Gasteiger partial charge in [-0.15, -0.1) is 0 Å². The number of carbonyl (C=O) groups is 2. The van der Waals surface area contributed by atoms with Crippen LogP contribution in [0.1, 0.15) is 37.5 Å². The Hall–Kier alpha value is -3.21. The van der Waals surface area contributed by atoms with Gasteiger partial charge in [0.2, 0.25) is 0 Å². The summed E-state index contributed by atoms with van der Waals surface area (Å²) in [5.41, 5.74) is 4.66. The Balaban J connectivity index is 1.74. The van der Waals surface area contributed by atoms with Gasteiger partial charge in [-0.25, -0.2) is 4.79 Å². The van der Waals surface area contributed by atoms with Crippen molar-refractivity contribution in [3.8, 4) is 0 Å². The number of methoxy groups -OCH3 is 1. The molecule has 0 aliphatic heterocycles. The summed E-state index contributed by atoms with van der Waals surface area (Å²) < 4.78 is 4.67. The topological polar surface area (TPSA) is 68.3 Å². The predicted molar refractivity (Wildman–Crippen MR) is 100 cm³/mol.